The predicted octanol–water partition coefficient (Wildman–Crippen LogP) is 5.57. The largest absolute Gasteiger partial charge is 0.416 e. The topological polar surface area (TPSA) is 49.1 Å². The molecule has 2 aromatic carbocycles. The monoisotopic (exact) mass is 329 g/mol. The third-order valence-corrected chi connectivity index (χ3v) is 3.91. The van der Waals surface area contributed by atoms with Gasteiger partial charge in [0.05, 0.1) is 17.1 Å². The number of nitrogens with zero attached hydrogens (tertiary/aromatic N) is 2. The first kappa shape index (κ1) is 16.1. The average Bonchev–Trinajstić information content (AvgIpc) is 2.59. The number of benzene rings is 2. The lowest BCUT2D eigenvalue weighted by Crippen LogP contribution is -2.07. The second kappa shape index (κ2) is 6.39. The first-order valence-corrected chi connectivity index (χ1v) is 7.35. The number of halogens is 3. The number of fused-ring (bicyclic) bond motifs is 1. The van der Waals surface area contributed by atoms with Gasteiger partial charge in [-0.05, 0) is 35.4 Å². The minimum absolute atomic E-state index is 0.341. The lowest BCUT2D eigenvalue weighted by atomic mass is 9.96. The molecule has 0 aliphatic rings. The molecule has 0 aliphatic heterocycles. The van der Waals surface area contributed by atoms with E-state index in [1.54, 1.807) is 12.3 Å². The molecule has 0 aliphatic carbocycles. The van der Waals surface area contributed by atoms with Crippen molar-refractivity contribution in [2.45, 2.75) is 18.6 Å². The van der Waals surface area contributed by atoms with Crippen LogP contribution in [0.2, 0.25) is 0 Å². The van der Waals surface area contributed by atoms with Crippen molar-refractivity contribution in [3.8, 4) is 0 Å². The van der Waals surface area contributed by atoms with Crippen LogP contribution < -0.4 is 0 Å². The van der Waals surface area contributed by atoms with Gasteiger partial charge in [-0.3, -0.25) is 4.98 Å². The van der Waals surface area contributed by atoms with Gasteiger partial charge >= 0.3 is 6.18 Å². The summed E-state index contributed by atoms with van der Waals surface area (Å²) in [6.45, 7) is 0. The molecule has 1 aromatic heterocycles. The van der Waals surface area contributed by atoms with Gasteiger partial charge < -0.3 is 0 Å². The zero-order chi connectivity index (χ0) is 17.2. The molecule has 0 radical (unpaired) electrons. The molecule has 0 saturated carbocycles. The highest BCUT2D eigenvalue weighted by molar-refractivity contribution is 5.81. The second-order valence-corrected chi connectivity index (χ2v) is 5.46. The molecular weight excluding hydrogens is 315 g/mol. The number of hydrogen-bond acceptors (Lipinski definition) is 3. The van der Waals surface area contributed by atoms with Crippen molar-refractivity contribution in [1.82, 2.24) is 4.98 Å². The van der Waals surface area contributed by atoms with Gasteiger partial charge in [-0.15, -0.1) is 0 Å². The summed E-state index contributed by atoms with van der Waals surface area (Å²) in [5.74, 6) is 0. The Labute approximate surface area is 136 Å². The number of alkyl halides is 3. The first-order chi connectivity index (χ1) is 11.5. The average molecular weight is 329 g/mol. The van der Waals surface area contributed by atoms with Crippen LogP contribution in [0.4, 0.5) is 13.2 Å². The third-order valence-electron chi connectivity index (χ3n) is 3.91. The smallest absolute Gasteiger partial charge is 0.256 e. The normalized spacial score (nSPS) is 13.0. The molecule has 3 nitrogen and oxygen atoms in total. The maximum absolute atomic E-state index is 12.9. The van der Waals surface area contributed by atoms with Crippen LogP contribution in [0.5, 0.6) is 0 Å². The van der Waals surface area contributed by atoms with E-state index >= 15 is 0 Å². The van der Waals surface area contributed by atoms with Gasteiger partial charge in [0.1, 0.15) is 0 Å². The fourth-order valence-electron chi connectivity index (χ4n) is 2.70. The van der Waals surface area contributed by atoms with E-state index in [9.17, 15) is 13.2 Å². The van der Waals surface area contributed by atoms with Crippen LogP contribution in [0, 0.1) is 5.53 Å². The molecule has 3 aromatic rings. The SMILES string of the molecule is N=NC(Cc1ccnc2ccccc12)c1cccc(C(F)(F)F)c1. The highest BCUT2D eigenvalue weighted by Crippen LogP contribution is 2.33. The molecule has 3 rings (SSSR count). The molecular formula is C18H14F3N3. The van der Waals surface area contributed by atoms with E-state index in [0.717, 1.165) is 28.6 Å². The lowest BCUT2D eigenvalue weighted by Gasteiger charge is -2.15. The number of rotatable bonds is 4. The summed E-state index contributed by atoms with van der Waals surface area (Å²) in [4.78, 5) is 4.27. The Morgan fingerprint density at radius 3 is 2.58 bits per heavy atom. The van der Waals surface area contributed by atoms with E-state index in [1.807, 2.05) is 30.3 Å². The Morgan fingerprint density at radius 2 is 1.83 bits per heavy atom. The molecule has 24 heavy (non-hydrogen) atoms. The molecule has 1 unspecified atom stereocenters. The fraction of sp³-hybridized carbons (Fsp3) is 0.167. The Bertz CT molecular complexity index is 869. The van der Waals surface area contributed by atoms with Crippen LogP contribution in [0.25, 0.3) is 10.9 Å². The summed E-state index contributed by atoms with van der Waals surface area (Å²) in [5, 5.41) is 4.46. The Kier molecular flexibility index (Phi) is 4.29. The van der Waals surface area contributed by atoms with Gasteiger partial charge in [0.2, 0.25) is 0 Å². The summed E-state index contributed by atoms with van der Waals surface area (Å²) >= 11 is 0. The minimum Gasteiger partial charge on any atom is -0.256 e. The number of nitrogens with one attached hydrogen (secondary N) is 1. The number of para-hydroxylation sites is 1. The summed E-state index contributed by atoms with van der Waals surface area (Å²) < 4.78 is 38.7. The third kappa shape index (κ3) is 3.27. The second-order valence-electron chi connectivity index (χ2n) is 5.46. The molecule has 1 atom stereocenters. The van der Waals surface area contributed by atoms with Crippen molar-refractivity contribution < 1.29 is 13.2 Å². The number of aromatic nitrogens is 1. The van der Waals surface area contributed by atoms with Crippen molar-refractivity contribution in [3.05, 3.63) is 77.5 Å². The van der Waals surface area contributed by atoms with Crippen molar-refractivity contribution >= 4 is 10.9 Å². The molecule has 0 saturated heterocycles. The zero-order valence-corrected chi connectivity index (χ0v) is 12.6. The standard InChI is InChI=1S/C18H14F3N3/c19-18(20,21)14-5-3-4-13(10-14)17(24-22)11-12-8-9-23-16-7-2-1-6-15(12)16/h1-10,17,22H,11H2. The van der Waals surface area contributed by atoms with Crippen LogP contribution in [0.15, 0.2) is 65.9 Å². The molecule has 0 fully saturated rings. The van der Waals surface area contributed by atoms with Crippen molar-refractivity contribution in [1.29, 1.82) is 5.53 Å². The molecule has 0 spiro atoms. The van der Waals surface area contributed by atoms with E-state index in [-0.39, 0.29) is 0 Å². The van der Waals surface area contributed by atoms with Crippen molar-refractivity contribution in [2.24, 2.45) is 5.11 Å². The number of hydrogen-bond donors (Lipinski definition) is 1. The molecule has 6 heteroatoms. The van der Waals surface area contributed by atoms with E-state index in [2.05, 4.69) is 10.1 Å². The van der Waals surface area contributed by atoms with Crippen molar-refractivity contribution in [2.75, 3.05) is 0 Å². The van der Waals surface area contributed by atoms with Gasteiger partial charge in [0.25, 0.3) is 0 Å². The van der Waals surface area contributed by atoms with Gasteiger partial charge in [-0.25, -0.2) is 5.53 Å². The highest BCUT2D eigenvalue weighted by Gasteiger charge is 2.31. The van der Waals surface area contributed by atoms with Gasteiger partial charge in [-0.2, -0.15) is 18.3 Å². The van der Waals surface area contributed by atoms with Crippen molar-refractivity contribution in [3.63, 3.8) is 0 Å². The summed E-state index contributed by atoms with van der Waals surface area (Å²) in [6.07, 6.45) is -2.41. The van der Waals surface area contributed by atoms with Crippen LogP contribution in [-0.4, -0.2) is 4.98 Å². The van der Waals surface area contributed by atoms with Gasteiger partial charge in [-0.1, -0.05) is 30.3 Å². The summed E-state index contributed by atoms with van der Waals surface area (Å²) in [7, 11) is 0. The predicted molar refractivity (Wildman–Crippen MR) is 84.8 cm³/mol. The molecule has 0 bridgehead atoms. The maximum atomic E-state index is 12.9. The quantitative estimate of drug-likeness (QED) is 0.625. The van der Waals surface area contributed by atoms with Gasteiger partial charge in [0.15, 0.2) is 0 Å². The zero-order valence-electron chi connectivity index (χ0n) is 12.6. The maximum Gasteiger partial charge on any atom is 0.416 e. The van der Waals surface area contributed by atoms with Gasteiger partial charge in [0, 0.05) is 18.0 Å². The summed E-state index contributed by atoms with van der Waals surface area (Å²) in [6, 6.07) is 13.7. The van der Waals surface area contributed by atoms with E-state index in [0.29, 0.717) is 12.0 Å². The highest BCUT2D eigenvalue weighted by atomic mass is 19.4. The van der Waals surface area contributed by atoms with E-state index in [1.165, 1.54) is 6.07 Å². The van der Waals surface area contributed by atoms with Crippen LogP contribution in [0.3, 0.4) is 0 Å². The molecule has 122 valence electrons. The molecule has 1 N–H and O–H groups in total. The Morgan fingerprint density at radius 1 is 1.04 bits per heavy atom. The fourth-order valence-corrected chi connectivity index (χ4v) is 2.70. The minimum atomic E-state index is -4.41. The Hall–Kier alpha value is -2.76. The van der Waals surface area contributed by atoms with Crippen LogP contribution >= 0.6 is 0 Å². The van der Waals surface area contributed by atoms with E-state index < -0.39 is 17.8 Å². The summed E-state index contributed by atoms with van der Waals surface area (Å²) in [5.41, 5.74) is 8.77. The first-order valence-electron chi connectivity index (χ1n) is 7.35. The van der Waals surface area contributed by atoms with Crippen LogP contribution in [0.1, 0.15) is 22.7 Å². The molecule has 1 heterocycles. The lowest BCUT2D eigenvalue weighted by molar-refractivity contribution is -0.137. The number of pyridine rings is 1. The molecule has 0 amide bonds. The van der Waals surface area contributed by atoms with E-state index in [4.69, 9.17) is 5.53 Å². The van der Waals surface area contributed by atoms with Crippen LogP contribution in [-0.2, 0) is 12.6 Å². The Balaban J connectivity index is 1.97.